The van der Waals surface area contributed by atoms with Crippen LogP contribution in [0.2, 0.25) is 10.0 Å². The third-order valence-electron chi connectivity index (χ3n) is 4.79. The minimum atomic E-state index is -1.26. The number of aliphatic carboxylic acids is 2. The van der Waals surface area contributed by atoms with E-state index < -0.39 is 11.9 Å². The summed E-state index contributed by atoms with van der Waals surface area (Å²) < 4.78 is 0. The highest BCUT2D eigenvalue weighted by molar-refractivity contribution is 6.42. The monoisotopic (exact) mass is 400 g/mol. The van der Waals surface area contributed by atoms with E-state index in [-0.39, 0.29) is 0 Å². The summed E-state index contributed by atoms with van der Waals surface area (Å²) in [5.74, 6) is -2.51. The lowest BCUT2D eigenvalue weighted by Crippen LogP contribution is -2.36. The molecule has 2 saturated heterocycles. The molecule has 0 radical (unpaired) electrons. The van der Waals surface area contributed by atoms with E-state index in [4.69, 9.17) is 33.4 Å². The Bertz CT molecular complexity index is 680. The molecule has 2 bridgehead atoms. The maximum Gasteiger partial charge on any atom is 0.328 e. The quantitative estimate of drug-likeness (QED) is 0.756. The van der Waals surface area contributed by atoms with Crippen LogP contribution >= 0.6 is 23.2 Å². The summed E-state index contributed by atoms with van der Waals surface area (Å²) >= 11 is 12.1. The molecule has 3 rings (SSSR count). The molecule has 2 unspecified atom stereocenters. The number of halogens is 2. The number of carboxylic acids is 2. The van der Waals surface area contributed by atoms with Crippen molar-refractivity contribution in [2.24, 2.45) is 0 Å². The zero-order valence-electron chi connectivity index (χ0n) is 14.4. The van der Waals surface area contributed by atoms with Crippen LogP contribution in [0.1, 0.15) is 19.3 Å². The molecule has 2 N–H and O–H groups in total. The molecule has 2 aliphatic rings. The molecular weight excluding hydrogens is 379 g/mol. The van der Waals surface area contributed by atoms with Gasteiger partial charge in [0.25, 0.3) is 0 Å². The number of carbonyl (C=O) groups is 2. The van der Waals surface area contributed by atoms with Crippen LogP contribution in [0.4, 0.5) is 5.69 Å². The molecule has 2 heterocycles. The third-order valence-corrected chi connectivity index (χ3v) is 5.52. The maximum absolute atomic E-state index is 9.55. The van der Waals surface area contributed by atoms with Crippen molar-refractivity contribution in [1.82, 2.24) is 4.90 Å². The van der Waals surface area contributed by atoms with Crippen molar-refractivity contribution in [3.8, 4) is 0 Å². The second-order valence-electron chi connectivity index (χ2n) is 6.39. The third kappa shape index (κ3) is 5.62. The Morgan fingerprint density at radius 1 is 1.04 bits per heavy atom. The van der Waals surface area contributed by atoms with Gasteiger partial charge in [-0.2, -0.15) is 0 Å². The summed E-state index contributed by atoms with van der Waals surface area (Å²) in [5, 5.41) is 16.9. The van der Waals surface area contributed by atoms with Gasteiger partial charge in [0.2, 0.25) is 0 Å². The van der Waals surface area contributed by atoms with Crippen molar-refractivity contribution < 1.29 is 19.8 Å². The second-order valence-corrected chi connectivity index (χ2v) is 7.21. The first-order valence-corrected chi connectivity index (χ1v) is 9.09. The van der Waals surface area contributed by atoms with Gasteiger partial charge in [0, 0.05) is 43.0 Å². The highest BCUT2D eigenvalue weighted by atomic mass is 35.5. The molecule has 142 valence electrons. The largest absolute Gasteiger partial charge is 0.478 e. The molecule has 0 aliphatic carbocycles. The van der Waals surface area contributed by atoms with Gasteiger partial charge in [-0.3, -0.25) is 4.90 Å². The Hall–Kier alpha value is -1.76. The molecular formula is C18H22Cl2N2O4. The summed E-state index contributed by atoms with van der Waals surface area (Å²) in [6.45, 7) is 2.22. The summed E-state index contributed by atoms with van der Waals surface area (Å²) in [5.41, 5.74) is 1.20. The van der Waals surface area contributed by atoms with Crippen LogP contribution in [0.3, 0.4) is 0 Å². The van der Waals surface area contributed by atoms with Crippen molar-refractivity contribution in [2.75, 3.05) is 25.0 Å². The predicted molar refractivity (Wildman–Crippen MR) is 102 cm³/mol. The molecule has 2 aliphatic heterocycles. The SMILES string of the molecule is CN1C2CCC1CN(c1ccc(Cl)c(Cl)c1)CC2.O=C(O)/C=C/C(=O)O. The van der Waals surface area contributed by atoms with Gasteiger partial charge < -0.3 is 15.1 Å². The van der Waals surface area contributed by atoms with Gasteiger partial charge in [-0.1, -0.05) is 23.2 Å². The fourth-order valence-corrected chi connectivity index (χ4v) is 3.66. The highest BCUT2D eigenvalue weighted by Gasteiger charge is 2.34. The molecule has 6 nitrogen and oxygen atoms in total. The van der Waals surface area contributed by atoms with Gasteiger partial charge in [0.1, 0.15) is 0 Å². The van der Waals surface area contributed by atoms with Crippen LogP contribution in [0.25, 0.3) is 0 Å². The molecule has 1 aromatic carbocycles. The average Bonchev–Trinajstić information content (AvgIpc) is 2.81. The molecule has 0 aromatic heterocycles. The van der Waals surface area contributed by atoms with Gasteiger partial charge in [-0.25, -0.2) is 9.59 Å². The van der Waals surface area contributed by atoms with Crippen molar-refractivity contribution in [1.29, 1.82) is 0 Å². The van der Waals surface area contributed by atoms with Gasteiger partial charge in [0.15, 0.2) is 0 Å². The zero-order valence-corrected chi connectivity index (χ0v) is 16.0. The lowest BCUT2D eigenvalue weighted by atomic mass is 10.1. The number of benzene rings is 1. The van der Waals surface area contributed by atoms with Crippen molar-refractivity contribution >= 4 is 40.8 Å². The standard InChI is InChI=1S/C14H18Cl2N2.C4H4O4/c1-17-10-2-3-12(17)9-18(7-6-10)11-4-5-13(15)14(16)8-11;5-3(6)1-2-4(7)8/h4-5,8,10,12H,2-3,6-7,9H2,1H3;1-2H,(H,5,6)(H,7,8)/b;2-1+. The normalized spacial score (nSPS) is 22.7. The maximum atomic E-state index is 9.55. The first kappa shape index (κ1) is 20.6. The lowest BCUT2D eigenvalue weighted by Gasteiger charge is -2.27. The van der Waals surface area contributed by atoms with E-state index in [9.17, 15) is 9.59 Å². The Labute approximate surface area is 162 Å². The Morgan fingerprint density at radius 2 is 1.65 bits per heavy atom. The molecule has 26 heavy (non-hydrogen) atoms. The summed E-state index contributed by atoms with van der Waals surface area (Å²) in [6.07, 6.45) is 5.04. The van der Waals surface area contributed by atoms with E-state index >= 15 is 0 Å². The highest BCUT2D eigenvalue weighted by Crippen LogP contribution is 2.33. The summed E-state index contributed by atoms with van der Waals surface area (Å²) in [4.78, 5) is 24.1. The van der Waals surface area contributed by atoms with Gasteiger partial charge in [-0.15, -0.1) is 0 Å². The Kier molecular flexibility index (Phi) is 7.32. The van der Waals surface area contributed by atoms with E-state index in [0.29, 0.717) is 28.2 Å². The summed E-state index contributed by atoms with van der Waals surface area (Å²) in [7, 11) is 2.26. The number of hydrogen-bond donors (Lipinski definition) is 2. The van der Waals surface area contributed by atoms with Crippen molar-refractivity contribution in [3.63, 3.8) is 0 Å². The fourth-order valence-electron chi connectivity index (χ4n) is 3.37. The number of fused-ring (bicyclic) bond motifs is 2. The van der Waals surface area contributed by atoms with Gasteiger partial charge in [0.05, 0.1) is 10.0 Å². The van der Waals surface area contributed by atoms with Crippen LogP contribution < -0.4 is 4.90 Å². The number of likely N-dealkylation sites (N-methyl/N-ethyl adjacent to an activating group) is 1. The first-order valence-electron chi connectivity index (χ1n) is 8.33. The number of nitrogens with zero attached hydrogens (tertiary/aromatic N) is 2. The molecule has 8 heteroatoms. The minimum Gasteiger partial charge on any atom is -0.478 e. The number of carboxylic acid groups (broad SMARTS) is 2. The van der Waals surface area contributed by atoms with Crippen LogP contribution in [-0.4, -0.2) is 59.3 Å². The molecule has 0 spiro atoms. The number of rotatable bonds is 3. The van der Waals surface area contributed by atoms with E-state index in [1.54, 1.807) is 0 Å². The van der Waals surface area contributed by atoms with Crippen molar-refractivity contribution in [2.45, 2.75) is 31.3 Å². The fraction of sp³-hybridized carbons (Fsp3) is 0.444. The molecule has 2 fully saturated rings. The average molecular weight is 401 g/mol. The topological polar surface area (TPSA) is 81.1 Å². The van der Waals surface area contributed by atoms with E-state index in [0.717, 1.165) is 19.1 Å². The van der Waals surface area contributed by atoms with Crippen LogP contribution in [0.15, 0.2) is 30.4 Å². The molecule has 0 saturated carbocycles. The van der Waals surface area contributed by atoms with E-state index in [2.05, 4.69) is 22.9 Å². The smallest absolute Gasteiger partial charge is 0.328 e. The first-order chi connectivity index (χ1) is 12.3. The Morgan fingerprint density at radius 3 is 2.23 bits per heavy atom. The lowest BCUT2D eigenvalue weighted by molar-refractivity contribution is -0.134. The van der Waals surface area contributed by atoms with E-state index in [1.807, 2.05) is 12.1 Å². The number of anilines is 1. The van der Waals surface area contributed by atoms with Crippen LogP contribution in [0.5, 0.6) is 0 Å². The molecule has 0 amide bonds. The Balaban J connectivity index is 0.000000260. The van der Waals surface area contributed by atoms with Crippen molar-refractivity contribution in [3.05, 3.63) is 40.4 Å². The van der Waals surface area contributed by atoms with Gasteiger partial charge >= 0.3 is 11.9 Å². The van der Waals surface area contributed by atoms with E-state index in [1.165, 1.54) is 24.9 Å². The second kappa shape index (κ2) is 9.26. The predicted octanol–water partition coefficient (Wildman–Crippen LogP) is 3.38. The van der Waals surface area contributed by atoms with Crippen LogP contribution in [0, 0.1) is 0 Å². The van der Waals surface area contributed by atoms with Crippen LogP contribution in [-0.2, 0) is 9.59 Å². The zero-order chi connectivity index (χ0) is 19.3. The molecule has 1 aromatic rings. The minimum absolute atomic E-state index is 0.558. The number of hydrogen-bond acceptors (Lipinski definition) is 4. The summed E-state index contributed by atoms with van der Waals surface area (Å²) in [6, 6.07) is 7.41. The molecule has 2 atom stereocenters. The van der Waals surface area contributed by atoms with Gasteiger partial charge in [-0.05, 0) is 44.5 Å².